The smallest absolute Gasteiger partial charge is 0.0545 e. The summed E-state index contributed by atoms with van der Waals surface area (Å²) in [4.78, 5) is 4.56. The average Bonchev–Trinajstić information content (AvgIpc) is 2.67. The summed E-state index contributed by atoms with van der Waals surface area (Å²) in [5.41, 5.74) is 5.01. The molecule has 0 aliphatic carbocycles. The number of hydrogen-bond donors (Lipinski definition) is 2. The van der Waals surface area contributed by atoms with Gasteiger partial charge in [-0.15, -0.1) is 0 Å². The van der Waals surface area contributed by atoms with Crippen LogP contribution in [0, 0.1) is 6.92 Å². The third-order valence-electron chi connectivity index (χ3n) is 3.83. The molecule has 1 aromatic carbocycles. The maximum absolute atomic E-state index is 4.56. The molecule has 0 amide bonds. The van der Waals surface area contributed by atoms with E-state index in [-0.39, 0.29) is 0 Å². The molecule has 1 atom stereocenters. The molecule has 0 spiro atoms. The van der Waals surface area contributed by atoms with Crippen LogP contribution in [0.1, 0.15) is 35.0 Å². The second-order valence-corrected chi connectivity index (χ2v) is 5.37. The van der Waals surface area contributed by atoms with Crippen molar-refractivity contribution in [3.05, 3.63) is 65.0 Å². The molecular weight excluding hydrogens is 246 g/mol. The summed E-state index contributed by atoms with van der Waals surface area (Å²) in [7, 11) is 0. The lowest BCUT2D eigenvalue weighted by Crippen LogP contribution is -2.23. The lowest BCUT2D eigenvalue weighted by atomic mass is 9.99. The van der Waals surface area contributed by atoms with Crippen LogP contribution in [0.5, 0.6) is 0 Å². The molecule has 3 nitrogen and oxygen atoms in total. The molecule has 0 fully saturated rings. The predicted octanol–water partition coefficient (Wildman–Crippen LogP) is 2.71. The van der Waals surface area contributed by atoms with E-state index < -0.39 is 0 Å². The molecule has 0 saturated carbocycles. The van der Waals surface area contributed by atoms with E-state index in [2.05, 4.69) is 52.0 Å². The summed E-state index contributed by atoms with van der Waals surface area (Å²) in [6, 6.07) is 15.3. The Hall–Kier alpha value is -1.71. The number of aromatic nitrogens is 1. The van der Waals surface area contributed by atoms with Crippen LogP contribution in [0.15, 0.2) is 42.5 Å². The summed E-state index contributed by atoms with van der Waals surface area (Å²) in [6.45, 7) is 4.87. The largest absolute Gasteiger partial charge is 0.313 e. The minimum atomic E-state index is 0.406. The van der Waals surface area contributed by atoms with Crippen LogP contribution in [0.3, 0.4) is 0 Å². The number of hydrogen-bond acceptors (Lipinski definition) is 3. The predicted molar refractivity (Wildman–Crippen MR) is 81.3 cm³/mol. The lowest BCUT2D eigenvalue weighted by Gasteiger charge is -2.19. The fourth-order valence-corrected chi connectivity index (χ4v) is 2.80. The van der Waals surface area contributed by atoms with Crippen LogP contribution in [-0.2, 0) is 13.1 Å². The quantitative estimate of drug-likeness (QED) is 0.898. The van der Waals surface area contributed by atoms with Crippen molar-refractivity contribution in [2.24, 2.45) is 0 Å². The van der Waals surface area contributed by atoms with Crippen LogP contribution in [0.25, 0.3) is 0 Å². The highest BCUT2D eigenvalue weighted by molar-refractivity contribution is 5.31. The highest BCUT2D eigenvalue weighted by Crippen LogP contribution is 2.23. The zero-order valence-corrected chi connectivity index (χ0v) is 11.9. The van der Waals surface area contributed by atoms with E-state index in [9.17, 15) is 0 Å². The number of aryl methyl sites for hydroxylation is 1. The number of nitrogens with zero attached hydrogens (tertiary/aromatic N) is 1. The van der Waals surface area contributed by atoms with Crippen LogP contribution >= 0.6 is 0 Å². The van der Waals surface area contributed by atoms with Crippen molar-refractivity contribution in [2.75, 3.05) is 6.54 Å². The molecule has 0 bridgehead atoms. The fourth-order valence-electron chi connectivity index (χ4n) is 2.80. The van der Waals surface area contributed by atoms with Gasteiger partial charge in [0.05, 0.1) is 5.69 Å². The van der Waals surface area contributed by atoms with Crippen LogP contribution in [-0.4, -0.2) is 11.5 Å². The second-order valence-electron chi connectivity index (χ2n) is 5.37. The van der Waals surface area contributed by atoms with Gasteiger partial charge in [-0.3, -0.25) is 4.98 Å². The molecule has 3 heteroatoms. The van der Waals surface area contributed by atoms with E-state index in [1.165, 1.54) is 11.1 Å². The van der Waals surface area contributed by atoms with E-state index >= 15 is 0 Å². The van der Waals surface area contributed by atoms with Gasteiger partial charge in [-0.05, 0) is 43.1 Å². The van der Waals surface area contributed by atoms with Crippen LogP contribution in [0.2, 0.25) is 0 Å². The Morgan fingerprint density at radius 1 is 1.20 bits per heavy atom. The van der Waals surface area contributed by atoms with Crippen LogP contribution in [0.4, 0.5) is 0 Å². The van der Waals surface area contributed by atoms with Crippen molar-refractivity contribution >= 4 is 0 Å². The molecule has 104 valence electrons. The normalized spacial score (nSPS) is 18.4. The Bertz CT molecular complexity index is 580. The summed E-state index contributed by atoms with van der Waals surface area (Å²) in [5, 5.41) is 7.14. The third kappa shape index (κ3) is 3.06. The Kier molecular flexibility index (Phi) is 4.09. The fraction of sp³-hybridized carbons (Fsp3) is 0.353. The van der Waals surface area contributed by atoms with E-state index in [0.717, 1.165) is 37.4 Å². The lowest BCUT2D eigenvalue weighted by molar-refractivity contribution is 0.492. The Balaban J connectivity index is 1.74. The van der Waals surface area contributed by atoms with Crippen molar-refractivity contribution < 1.29 is 0 Å². The maximum atomic E-state index is 4.56. The molecule has 2 heterocycles. The molecule has 1 aliphatic heterocycles. The first kappa shape index (κ1) is 13.3. The highest BCUT2D eigenvalue weighted by atomic mass is 15.0. The summed E-state index contributed by atoms with van der Waals surface area (Å²) in [6.07, 6.45) is 1.11. The van der Waals surface area contributed by atoms with Crippen LogP contribution < -0.4 is 10.6 Å². The molecule has 3 rings (SSSR count). The van der Waals surface area contributed by atoms with Gasteiger partial charge in [0.2, 0.25) is 0 Å². The zero-order valence-electron chi connectivity index (χ0n) is 11.9. The standard InChI is InChI=1S/C17H21N3/c1-13-5-4-7-15(20-13)12-19-17-9-10-18-11-14-6-2-3-8-16(14)17/h2-8,17-19H,9-12H2,1H3. The van der Waals surface area contributed by atoms with E-state index in [1.807, 2.05) is 13.0 Å². The summed E-state index contributed by atoms with van der Waals surface area (Å²) >= 11 is 0. The Morgan fingerprint density at radius 3 is 3.00 bits per heavy atom. The average molecular weight is 267 g/mol. The minimum Gasteiger partial charge on any atom is -0.313 e. The SMILES string of the molecule is Cc1cccc(CNC2CCNCc3ccccc32)n1. The van der Waals surface area contributed by atoms with Crippen molar-refractivity contribution in [3.8, 4) is 0 Å². The Labute approximate surface area is 120 Å². The highest BCUT2D eigenvalue weighted by Gasteiger charge is 2.17. The van der Waals surface area contributed by atoms with Gasteiger partial charge < -0.3 is 10.6 Å². The first-order valence-corrected chi connectivity index (χ1v) is 7.27. The molecule has 0 saturated heterocycles. The number of fused-ring (bicyclic) bond motifs is 1. The van der Waals surface area contributed by atoms with Gasteiger partial charge in [0.1, 0.15) is 0 Å². The Morgan fingerprint density at radius 2 is 2.10 bits per heavy atom. The van der Waals surface area contributed by atoms with Gasteiger partial charge >= 0.3 is 0 Å². The minimum absolute atomic E-state index is 0.406. The van der Waals surface area contributed by atoms with Crippen molar-refractivity contribution in [1.82, 2.24) is 15.6 Å². The molecule has 2 N–H and O–H groups in total. The number of rotatable bonds is 3. The first-order chi connectivity index (χ1) is 9.83. The topological polar surface area (TPSA) is 37.0 Å². The van der Waals surface area contributed by atoms with Crippen molar-refractivity contribution in [2.45, 2.75) is 32.5 Å². The molecule has 0 radical (unpaired) electrons. The molecule has 20 heavy (non-hydrogen) atoms. The monoisotopic (exact) mass is 267 g/mol. The van der Waals surface area contributed by atoms with E-state index in [1.54, 1.807) is 0 Å². The summed E-state index contributed by atoms with van der Waals surface area (Å²) in [5.74, 6) is 0. The number of benzene rings is 1. The van der Waals surface area contributed by atoms with Gasteiger partial charge in [0, 0.05) is 24.8 Å². The van der Waals surface area contributed by atoms with Crippen molar-refractivity contribution in [1.29, 1.82) is 0 Å². The molecule has 1 aromatic heterocycles. The third-order valence-corrected chi connectivity index (χ3v) is 3.83. The summed E-state index contributed by atoms with van der Waals surface area (Å²) < 4.78 is 0. The zero-order chi connectivity index (χ0) is 13.8. The molecule has 1 unspecified atom stereocenters. The first-order valence-electron chi connectivity index (χ1n) is 7.27. The van der Waals surface area contributed by atoms with Gasteiger partial charge in [0.25, 0.3) is 0 Å². The molecule has 1 aliphatic rings. The van der Waals surface area contributed by atoms with Gasteiger partial charge in [-0.1, -0.05) is 30.3 Å². The van der Waals surface area contributed by atoms with Gasteiger partial charge in [0.15, 0.2) is 0 Å². The number of nitrogens with one attached hydrogen (secondary N) is 2. The molecule has 2 aromatic rings. The molecular formula is C17H21N3. The van der Waals surface area contributed by atoms with Gasteiger partial charge in [-0.2, -0.15) is 0 Å². The second kappa shape index (κ2) is 6.16. The maximum Gasteiger partial charge on any atom is 0.0545 e. The van der Waals surface area contributed by atoms with E-state index in [0.29, 0.717) is 6.04 Å². The number of pyridine rings is 1. The van der Waals surface area contributed by atoms with E-state index in [4.69, 9.17) is 0 Å². The van der Waals surface area contributed by atoms with Gasteiger partial charge in [-0.25, -0.2) is 0 Å². The van der Waals surface area contributed by atoms with Crippen molar-refractivity contribution in [3.63, 3.8) is 0 Å².